The molecule has 31 heavy (non-hydrogen) atoms. The predicted octanol–water partition coefficient (Wildman–Crippen LogP) is 4.91. The zero-order valence-corrected chi connectivity index (χ0v) is 17.3. The number of hydrogen-bond donors (Lipinski definition) is 0. The van der Waals surface area contributed by atoms with Gasteiger partial charge in [-0.3, -0.25) is 4.79 Å². The first-order valence-electron chi connectivity index (χ1n) is 10.2. The van der Waals surface area contributed by atoms with E-state index in [2.05, 4.69) is 24.0 Å². The minimum Gasteiger partial charge on any atom is -0.493 e. The summed E-state index contributed by atoms with van der Waals surface area (Å²) in [4.78, 5) is 18.4. The van der Waals surface area contributed by atoms with E-state index in [1.165, 1.54) is 17.0 Å². The number of ether oxygens (including phenoxy) is 1. The second-order valence-corrected chi connectivity index (χ2v) is 8.04. The number of nitrogens with zero attached hydrogens (tertiary/aromatic N) is 3. The summed E-state index contributed by atoms with van der Waals surface area (Å²) in [6.07, 6.45) is 0.808. The van der Waals surface area contributed by atoms with Crippen LogP contribution in [-0.2, 0) is 11.3 Å². The normalized spacial score (nSPS) is 16.4. The van der Waals surface area contributed by atoms with E-state index < -0.39 is 17.7 Å². The lowest BCUT2D eigenvalue weighted by Gasteiger charge is -2.22. The number of rotatable bonds is 7. The Morgan fingerprint density at radius 3 is 2.55 bits per heavy atom. The van der Waals surface area contributed by atoms with Crippen LogP contribution in [0.2, 0.25) is 0 Å². The zero-order chi connectivity index (χ0) is 22.0. The molecule has 1 fully saturated rings. The summed E-state index contributed by atoms with van der Waals surface area (Å²) in [5, 5.41) is 4.04. The molecule has 1 aliphatic heterocycles. The molecule has 0 aliphatic carbocycles. The number of benzene rings is 2. The topological polar surface area (TPSA) is 68.5 Å². The van der Waals surface area contributed by atoms with Gasteiger partial charge in [-0.1, -0.05) is 19.0 Å². The number of carbonyl (C=O) groups excluding carboxylic acids is 1. The summed E-state index contributed by atoms with van der Waals surface area (Å²) in [7, 11) is 0. The average molecular weight is 427 g/mol. The maximum atomic E-state index is 13.5. The first-order valence-corrected chi connectivity index (χ1v) is 10.2. The van der Waals surface area contributed by atoms with E-state index in [9.17, 15) is 13.6 Å². The van der Waals surface area contributed by atoms with Gasteiger partial charge in [-0.2, -0.15) is 4.98 Å². The van der Waals surface area contributed by atoms with Gasteiger partial charge < -0.3 is 14.2 Å². The molecule has 1 aromatic heterocycles. The summed E-state index contributed by atoms with van der Waals surface area (Å²) in [5.74, 6) is 0.412. The van der Waals surface area contributed by atoms with Crippen molar-refractivity contribution < 1.29 is 22.8 Å². The lowest BCUT2D eigenvalue weighted by atomic mass is 10.1. The number of likely N-dealkylation sites (tertiary alicyclic amines) is 1. The largest absolute Gasteiger partial charge is 0.493 e. The molecule has 8 heteroatoms. The van der Waals surface area contributed by atoms with Crippen molar-refractivity contribution in [2.75, 3.05) is 6.61 Å². The van der Waals surface area contributed by atoms with Gasteiger partial charge in [0, 0.05) is 24.6 Å². The number of carbonyl (C=O) groups is 1. The molecule has 1 amide bonds. The van der Waals surface area contributed by atoms with Crippen LogP contribution in [0, 0.1) is 17.6 Å². The van der Waals surface area contributed by atoms with Crippen molar-refractivity contribution >= 4 is 5.91 Å². The number of aromatic nitrogens is 2. The molecule has 4 rings (SSSR count). The van der Waals surface area contributed by atoms with Crippen LogP contribution in [0.25, 0.3) is 11.4 Å². The molecule has 1 atom stereocenters. The SMILES string of the molecule is CC(C)COc1ccc(-c2noc(C3CCC(=O)N3Cc3cc(F)cc(F)c3)n2)cc1. The Kier molecular flexibility index (Phi) is 5.97. The van der Waals surface area contributed by atoms with Crippen LogP contribution < -0.4 is 4.74 Å². The average Bonchev–Trinajstić information content (AvgIpc) is 3.34. The highest BCUT2D eigenvalue weighted by molar-refractivity contribution is 5.78. The van der Waals surface area contributed by atoms with Crippen LogP contribution >= 0.6 is 0 Å². The Balaban J connectivity index is 1.50. The number of hydrogen-bond acceptors (Lipinski definition) is 5. The second-order valence-electron chi connectivity index (χ2n) is 8.04. The molecular weight excluding hydrogens is 404 g/mol. The van der Waals surface area contributed by atoms with Gasteiger partial charge in [-0.15, -0.1) is 0 Å². The van der Waals surface area contributed by atoms with E-state index in [0.717, 1.165) is 17.4 Å². The fraction of sp³-hybridized carbons (Fsp3) is 0.348. The molecule has 0 radical (unpaired) electrons. The van der Waals surface area contributed by atoms with E-state index in [0.29, 0.717) is 42.6 Å². The van der Waals surface area contributed by atoms with Crippen LogP contribution in [0.15, 0.2) is 47.0 Å². The first kappa shape index (κ1) is 21.0. The second kappa shape index (κ2) is 8.83. The minimum absolute atomic E-state index is 0.0672. The molecule has 6 nitrogen and oxygen atoms in total. The molecule has 2 aromatic carbocycles. The lowest BCUT2D eigenvalue weighted by molar-refractivity contribution is -0.130. The van der Waals surface area contributed by atoms with Gasteiger partial charge in [-0.25, -0.2) is 8.78 Å². The van der Waals surface area contributed by atoms with Crippen LogP contribution in [0.3, 0.4) is 0 Å². The highest BCUT2D eigenvalue weighted by Crippen LogP contribution is 2.34. The van der Waals surface area contributed by atoms with Crippen molar-refractivity contribution in [3.05, 3.63) is 65.6 Å². The zero-order valence-electron chi connectivity index (χ0n) is 17.3. The monoisotopic (exact) mass is 427 g/mol. The molecule has 0 bridgehead atoms. The summed E-state index contributed by atoms with van der Waals surface area (Å²) in [6, 6.07) is 10.2. The van der Waals surface area contributed by atoms with Crippen molar-refractivity contribution in [1.29, 1.82) is 0 Å². The summed E-state index contributed by atoms with van der Waals surface area (Å²) in [5.41, 5.74) is 1.13. The standard InChI is InChI=1S/C23H23F2N3O3/c1-14(2)13-30-19-5-3-16(4-6-19)22-26-23(31-27-22)20-7-8-21(29)28(20)12-15-9-17(24)11-18(25)10-15/h3-6,9-11,14,20H,7-8,12-13H2,1-2H3. The van der Waals surface area contributed by atoms with Crippen LogP contribution in [-0.4, -0.2) is 27.6 Å². The third-order valence-electron chi connectivity index (χ3n) is 5.03. The van der Waals surface area contributed by atoms with Gasteiger partial charge in [0.15, 0.2) is 0 Å². The Labute approximate surface area is 178 Å². The predicted molar refractivity (Wildman–Crippen MR) is 109 cm³/mol. The molecule has 162 valence electrons. The highest BCUT2D eigenvalue weighted by Gasteiger charge is 2.36. The number of amides is 1. The van der Waals surface area contributed by atoms with Crippen molar-refractivity contribution in [2.24, 2.45) is 5.92 Å². The summed E-state index contributed by atoms with van der Waals surface area (Å²) < 4.78 is 38.2. The Morgan fingerprint density at radius 1 is 1.16 bits per heavy atom. The van der Waals surface area contributed by atoms with Crippen molar-refractivity contribution in [1.82, 2.24) is 15.0 Å². The van der Waals surface area contributed by atoms with Crippen molar-refractivity contribution in [3.63, 3.8) is 0 Å². The maximum Gasteiger partial charge on any atom is 0.249 e. The Morgan fingerprint density at radius 2 is 1.87 bits per heavy atom. The molecule has 0 N–H and O–H groups in total. The summed E-state index contributed by atoms with van der Waals surface area (Å²) >= 11 is 0. The van der Waals surface area contributed by atoms with Gasteiger partial charge in [0.05, 0.1) is 6.61 Å². The minimum atomic E-state index is -0.681. The Hall–Kier alpha value is -3.29. The quantitative estimate of drug-likeness (QED) is 0.536. The smallest absolute Gasteiger partial charge is 0.249 e. The van der Waals surface area contributed by atoms with E-state index in [1.54, 1.807) is 0 Å². The van der Waals surface area contributed by atoms with E-state index in [1.807, 2.05) is 24.3 Å². The van der Waals surface area contributed by atoms with Crippen LogP contribution in [0.5, 0.6) is 5.75 Å². The van der Waals surface area contributed by atoms with Crippen molar-refractivity contribution in [2.45, 2.75) is 39.3 Å². The molecular formula is C23H23F2N3O3. The van der Waals surface area contributed by atoms with E-state index in [-0.39, 0.29) is 12.5 Å². The van der Waals surface area contributed by atoms with Gasteiger partial charge in [0.2, 0.25) is 17.6 Å². The first-order chi connectivity index (χ1) is 14.9. The van der Waals surface area contributed by atoms with E-state index in [4.69, 9.17) is 9.26 Å². The fourth-order valence-corrected chi connectivity index (χ4v) is 3.54. The van der Waals surface area contributed by atoms with Gasteiger partial charge in [0.1, 0.15) is 23.4 Å². The Bertz CT molecular complexity index is 1050. The molecule has 1 unspecified atom stereocenters. The van der Waals surface area contributed by atoms with E-state index >= 15 is 0 Å². The third-order valence-corrected chi connectivity index (χ3v) is 5.03. The molecule has 1 saturated heterocycles. The maximum absolute atomic E-state index is 13.5. The molecule has 2 heterocycles. The van der Waals surface area contributed by atoms with Crippen LogP contribution in [0.4, 0.5) is 8.78 Å². The van der Waals surface area contributed by atoms with Gasteiger partial charge in [-0.05, 0) is 54.3 Å². The molecule has 1 aliphatic rings. The molecule has 0 saturated carbocycles. The third kappa shape index (κ3) is 4.90. The number of halogens is 2. The highest BCUT2D eigenvalue weighted by atomic mass is 19.1. The fourth-order valence-electron chi connectivity index (χ4n) is 3.54. The van der Waals surface area contributed by atoms with Gasteiger partial charge >= 0.3 is 0 Å². The molecule has 3 aromatic rings. The van der Waals surface area contributed by atoms with Gasteiger partial charge in [0.25, 0.3) is 0 Å². The molecule has 0 spiro atoms. The van der Waals surface area contributed by atoms with Crippen molar-refractivity contribution in [3.8, 4) is 17.1 Å². The van der Waals surface area contributed by atoms with Crippen LogP contribution in [0.1, 0.15) is 44.2 Å². The summed E-state index contributed by atoms with van der Waals surface area (Å²) in [6.45, 7) is 4.86. The lowest BCUT2D eigenvalue weighted by Crippen LogP contribution is -2.27.